The third-order valence-corrected chi connectivity index (χ3v) is 3.21. The Bertz CT molecular complexity index is 642. The highest BCUT2D eigenvalue weighted by Gasteiger charge is 2.08. The van der Waals surface area contributed by atoms with E-state index in [2.05, 4.69) is 20.2 Å². The number of nitrogens with zero attached hydrogens (tertiary/aromatic N) is 4. The highest BCUT2D eigenvalue weighted by atomic mass is 32.2. The van der Waals surface area contributed by atoms with Crippen LogP contribution in [0.5, 0.6) is 0 Å². The molecule has 0 aliphatic heterocycles. The number of thioether (sulfide) groups is 1. The molecule has 0 amide bonds. The summed E-state index contributed by atoms with van der Waals surface area (Å²) >= 11 is 1.46. The Kier molecular flexibility index (Phi) is 3.51. The van der Waals surface area contributed by atoms with Gasteiger partial charge in [0, 0.05) is 18.0 Å². The van der Waals surface area contributed by atoms with Gasteiger partial charge in [0.15, 0.2) is 5.16 Å². The lowest BCUT2D eigenvalue weighted by molar-refractivity contribution is 0.528. The second-order valence-corrected chi connectivity index (χ2v) is 4.63. The van der Waals surface area contributed by atoms with Crippen molar-refractivity contribution in [1.82, 2.24) is 20.2 Å². The minimum Gasteiger partial charge on any atom is -0.420 e. The first-order valence-corrected chi connectivity index (χ1v) is 6.68. The van der Waals surface area contributed by atoms with E-state index in [1.807, 2.05) is 30.3 Å². The molecule has 0 fully saturated rings. The third-order valence-electron chi connectivity index (χ3n) is 2.35. The van der Waals surface area contributed by atoms with Gasteiger partial charge in [0.1, 0.15) is 0 Å². The molecule has 0 bridgehead atoms. The molecular weight excluding hydrogens is 260 g/mol. The number of aromatic nitrogens is 4. The van der Waals surface area contributed by atoms with E-state index in [0.717, 1.165) is 5.56 Å². The molecule has 0 N–H and O–H groups in total. The van der Waals surface area contributed by atoms with E-state index in [4.69, 9.17) is 4.42 Å². The van der Waals surface area contributed by atoms with Crippen LogP contribution >= 0.6 is 11.8 Å². The van der Waals surface area contributed by atoms with E-state index >= 15 is 0 Å². The zero-order chi connectivity index (χ0) is 12.9. The molecule has 2 heterocycles. The molecule has 3 aromatic rings. The van der Waals surface area contributed by atoms with E-state index in [1.54, 1.807) is 18.5 Å². The third kappa shape index (κ3) is 2.97. The Morgan fingerprint density at radius 1 is 0.947 bits per heavy atom. The quantitative estimate of drug-likeness (QED) is 0.536. The predicted molar refractivity (Wildman–Crippen MR) is 71.3 cm³/mol. The van der Waals surface area contributed by atoms with Crippen molar-refractivity contribution in [3.63, 3.8) is 0 Å². The average Bonchev–Trinajstić information content (AvgIpc) is 2.96. The maximum Gasteiger partial charge on any atom is 0.247 e. The van der Waals surface area contributed by atoms with E-state index in [1.165, 1.54) is 11.8 Å². The zero-order valence-electron chi connectivity index (χ0n) is 9.93. The first-order valence-electron chi connectivity index (χ1n) is 5.69. The molecule has 0 radical (unpaired) electrons. The van der Waals surface area contributed by atoms with Crippen molar-refractivity contribution in [2.75, 3.05) is 0 Å². The first-order chi connectivity index (χ1) is 9.42. The van der Waals surface area contributed by atoms with Crippen molar-refractivity contribution >= 4 is 11.8 Å². The fraction of sp³-hybridized carbons (Fsp3) is 0.0769. The number of benzene rings is 1. The van der Waals surface area contributed by atoms with Crippen LogP contribution in [0.3, 0.4) is 0 Å². The molecular formula is C13H10N4OS. The van der Waals surface area contributed by atoms with E-state index in [0.29, 0.717) is 22.7 Å². The Morgan fingerprint density at radius 2 is 1.74 bits per heavy atom. The van der Waals surface area contributed by atoms with Crippen LogP contribution in [-0.2, 0) is 5.75 Å². The molecule has 94 valence electrons. The van der Waals surface area contributed by atoms with Crippen LogP contribution in [0.25, 0.3) is 11.5 Å². The molecule has 6 heteroatoms. The lowest BCUT2D eigenvalue weighted by Crippen LogP contribution is -1.85. The summed E-state index contributed by atoms with van der Waals surface area (Å²) < 4.78 is 5.59. The Morgan fingerprint density at radius 3 is 2.53 bits per heavy atom. The normalized spacial score (nSPS) is 10.5. The van der Waals surface area contributed by atoms with Gasteiger partial charge in [-0.2, -0.15) is 0 Å². The van der Waals surface area contributed by atoms with Crippen molar-refractivity contribution in [2.24, 2.45) is 0 Å². The number of hydrogen-bond donors (Lipinski definition) is 0. The van der Waals surface area contributed by atoms with Gasteiger partial charge >= 0.3 is 0 Å². The van der Waals surface area contributed by atoms with Crippen LogP contribution in [0, 0.1) is 0 Å². The van der Waals surface area contributed by atoms with Crippen molar-refractivity contribution < 1.29 is 4.42 Å². The van der Waals surface area contributed by atoms with Crippen LogP contribution in [0.1, 0.15) is 5.89 Å². The summed E-state index contributed by atoms with van der Waals surface area (Å²) in [5.41, 5.74) is 0.919. The summed E-state index contributed by atoms with van der Waals surface area (Å²) in [6, 6.07) is 11.5. The Balaban J connectivity index is 1.69. The van der Waals surface area contributed by atoms with Crippen molar-refractivity contribution in [2.45, 2.75) is 10.9 Å². The molecule has 0 saturated carbocycles. The van der Waals surface area contributed by atoms with Crippen LogP contribution in [-0.4, -0.2) is 20.2 Å². The zero-order valence-corrected chi connectivity index (χ0v) is 10.7. The standard InChI is InChI=1S/C13H10N4OS/c1-2-5-10(6-3-1)12-17-16-11(18-12)9-19-13-14-7-4-8-15-13/h1-8H,9H2. The predicted octanol–water partition coefficient (Wildman–Crippen LogP) is 2.82. The molecule has 0 aliphatic carbocycles. The maximum absolute atomic E-state index is 5.59. The molecule has 2 aromatic heterocycles. The number of hydrogen-bond acceptors (Lipinski definition) is 6. The van der Waals surface area contributed by atoms with Crippen molar-refractivity contribution in [3.05, 3.63) is 54.7 Å². The maximum atomic E-state index is 5.59. The second-order valence-electron chi connectivity index (χ2n) is 3.69. The summed E-state index contributed by atoms with van der Waals surface area (Å²) in [6.45, 7) is 0. The number of rotatable bonds is 4. The lowest BCUT2D eigenvalue weighted by atomic mass is 10.2. The molecule has 0 aliphatic rings. The Hall–Kier alpha value is -2.21. The molecule has 5 nitrogen and oxygen atoms in total. The summed E-state index contributed by atoms with van der Waals surface area (Å²) in [6.07, 6.45) is 3.41. The van der Waals surface area contributed by atoms with Gasteiger partial charge in [-0.1, -0.05) is 30.0 Å². The smallest absolute Gasteiger partial charge is 0.247 e. The van der Waals surface area contributed by atoms with Crippen molar-refractivity contribution in [1.29, 1.82) is 0 Å². The van der Waals surface area contributed by atoms with E-state index in [9.17, 15) is 0 Å². The van der Waals surface area contributed by atoms with Gasteiger partial charge < -0.3 is 4.42 Å². The molecule has 0 atom stereocenters. The molecule has 0 saturated heterocycles. The highest BCUT2D eigenvalue weighted by molar-refractivity contribution is 7.98. The van der Waals surface area contributed by atoms with Crippen LogP contribution in [0.2, 0.25) is 0 Å². The van der Waals surface area contributed by atoms with E-state index < -0.39 is 0 Å². The van der Waals surface area contributed by atoms with Gasteiger partial charge in [0.2, 0.25) is 11.8 Å². The minimum atomic E-state index is 0.533. The first kappa shape index (κ1) is 11.9. The fourth-order valence-electron chi connectivity index (χ4n) is 1.50. The largest absolute Gasteiger partial charge is 0.420 e. The van der Waals surface area contributed by atoms with Crippen LogP contribution in [0.15, 0.2) is 58.4 Å². The van der Waals surface area contributed by atoms with Gasteiger partial charge in [-0.25, -0.2) is 9.97 Å². The minimum absolute atomic E-state index is 0.533. The van der Waals surface area contributed by atoms with Gasteiger partial charge in [0.05, 0.1) is 5.75 Å². The van der Waals surface area contributed by atoms with Crippen LogP contribution < -0.4 is 0 Å². The molecule has 3 rings (SSSR count). The van der Waals surface area contributed by atoms with Crippen molar-refractivity contribution in [3.8, 4) is 11.5 Å². The monoisotopic (exact) mass is 270 g/mol. The topological polar surface area (TPSA) is 64.7 Å². The van der Waals surface area contributed by atoms with Gasteiger partial charge in [0.25, 0.3) is 0 Å². The lowest BCUT2D eigenvalue weighted by Gasteiger charge is -1.95. The second kappa shape index (κ2) is 5.62. The van der Waals surface area contributed by atoms with E-state index in [-0.39, 0.29) is 0 Å². The fourth-order valence-corrected chi connectivity index (χ4v) is 2.14. The highest BCUT2D eigenvalue weighted by Crippen LogP contribution is 2.21. The molecule has 0 spiro atoms. The van der Waals surface area contributed by atoms with Crippen LogP contribution in [0.4, 0.5) is 0 Å². The molecule has 0 unspecified atom stereocenters. The summed E-state index contributed by atoms with van der Waals surface area (Å²) in [5, 5.41) is 8.74. The average molecular weight is 270 g/mol. The van der Waals surface area contributed by atoms with Gasteiger partial charge in [-0.3, -0.25) is 0 Å². The summed E-state index contributed by atoms with van der Waals surface area (Å²) in [5.74, 6) is 1.66. The summed E-state index contributed by atoms with van der Waals surface area (Å²) in [4.78, 5) is 8.24. The van der Waals surface area contributed by atoms with Gasteiger partial charge in [-0.15, -0.1) is 10.2 Å². The Labute approximate surface area is 114 Å². The summed E-state index contributed by atoms with van der Waals surface area (Å²) in [7, 11) is 0. The van der Waals surface area contributed by atoms with Gasteiger partial charge in [-0.05, 0) is 18.2 Å². The molecule has 1 aromatic carbocycles. The molecule has 19 heavy (non-hydrogen) atoms. The SMILES string of the molecule is c1ccc(-c2nnc(CSc3ncccn3)o2)cc1.